The van der Waals surface area contributed by atoms with Gasteiger partial charge in [0.25, 0.3) is 0 Å². The number of hydrogen-bond donors (Lipinski definition) is 2. The molecule has 1 aromatic heterocycles. The minimum Gasteiger partial charge on any atom is -0.598 e. The van der Waals surface area contributed by atoms with Crippen molar-refractivity contribution in [2.45, 2.75) is 44.4 Å². The fourth-order valence-corrected chi connectivity index (χ4v) is 3.98. The van der Waals surface area contributed by atoms with Crippen molar-refractivity contribution in [1.29, 1.82) is 0 Å². The average Bonchev–Trinajstić information content (AvgIpc) is 2.64. The molecule has 0 amide bonds. The van der Waals surface area contributed by atoms with E-state index in [0.29, 0.717) is 6.42 Å². The minimum absolute atomic E-state index is 0.0559. The Hall–Kier alpha value is 0.410. The van der Waals surface area contributed by atoms with Gasteiger partial charge in [0.1, 0.15) is 4.75 Å². The van der Waals surface area contributed by atoms with Crippen LogP contribution in [0.5, 0.6) is 0 Å². The molecule has 1 rings (SSSR count). The van der Waals surface area contributed by atoms with Gasteiger partial charge in [-0.3, -0.25) is 0 Å². The van der Waals surface area contributed by atoms with E-state index in [-0.39, 0.29) is 11.4 Å². The van der Waals surface area contributed by atoms with E-state index in [0.717, 1.165) is 9.35 Å². The number of halogens is 1. The summed E-state index contributed by atoms with van der Waals surface area (Å²) in [7, 11) is 0. The van der Waals surface area contributed by atoms with Crippen LogP contribution in [0.15, 0.2) is 15.9 Å². The number of aliphatic hydroxyl groups is 1. The molecule has 1 unspecified atom stereocenters. The largest absolute Gasteiger partial charge is 0.598 e. The Bertz CT molecular complexity index is 392. The van der Waals surface area contributed by atoms with Gasteiger partial charge in [-0.2, -0.15) is 0 Å². The Labute approximate surface area is 124 Å². The van der Waals surface area contributed by atoms with Crippen LogP contribution in [0, 0.1) is 0 Å². The van der Waals surface area contributed by atoms with Crippen molar-refractivity contribution >= 4 is 38.6 Å². The summed E-state index contributed by atoms with van der Waals surface area (Å²) in [4.78, 5) is 1.07. The molecular weight excluding hydrogens is 334 g/mol. The first-order valence-electron chi connectivity index (χ1n) is 5.74. The van der Waals surface area contributed by atoms with E-state index >= 15 is 0 Å². The number of rotatable bonds is 5. The topological polar surface area (TPSA) is 55.3 Å². The molecule has 3 nitrogen and oxygen atoms in total. The van der Waals surface area contributed by atoms with Crippen LogP contribution in [0.3, 0.4) is 0 Å². The average molecular weight is 354 g/mol. The molecule has 0 saturated heterocycles. The summed E-state index contributed by atoms with van der Waals surface area (Å²) in [5, 5.41) is 11.2. The van der Waals surface area contributed by atoms with Crippen molar-refractivity contribution in [3.63, 3.8) is 0 Å². The van der Waals surface area contributed by atoms with Gasteiger partial charge in [0.15, 0.2) is 0 Å². The summed E-state index contributed by atoms with van der Waals surface area (Å²) in [5.41, 5.74) is -0.469. The van der Waals surface area contributed by atoms with Gasteiger partial charge >= 0.3 is 0 Å². The molecule has 0 bridgehead atoms. The second kappa shape index (κ2) is 6.24. The Balaban J connectivity index is 2.94. The van der Waals surface area contributed by atoms with Gasteiger partial charge in [0.2, 0.25) is 0 Å². The predicted molar refractivity (Wildman–Crippen MR) is 82.1 cm³/mol. The highest BCUT2D eigenvalue weighted by Gasteiger charge is 2.37. The van der Waals surface area contributed by atoms with E-state index in [1.807, 2.05) is 39.1 Å². The zero-order valence-electron chi connectivity index (χ0n) is 11.1. The third-order valence-corrected chi connectivity index (χ3v) is 6.30. The third kappa shape index (κ3) is 4.21. The summed E-state index contributed by atoms with van der Waals surface area (Å²) in [6.07, 6.45) is 0.530. The summed E-state index contributed by atoms with van der Waals surface area (Å²) < 4.78 is 16.1. The standard InChI is InChI=1S/C12H20BrNO2S2/c1-11(2,3)18(16)14-12(4,5-6-15)10-7-9(13)8-17-10/h7-8,14-15H,5-6H2,1-4H3/t12-,18?/m0/s1. The number of nitrogens with one attached hydrogen (secondary N) is 1. The van der Waals surface area contributed by atoms with Crippen molar-refractivity contribution < 1.29 is 9.66 Å². The van der Waals surface area contributed by atoms with Gasteiger partial charge in [-0.1, -0.05) is 0 Å². The first kappa shape index (κ1) is 16.5. The van der Waals surface area contributed by atoms with Crippen LogP contribution in [0.4, 0.5) is 0 Å². The summed E-state index contributed by atoms with van der Waals surface area (Å²) in [6, 6.07) is 2.01. The van der Waals surface area contributed by atoms with E-state index in [9.17, 15) is 9.66 Å². The monoisotopic (exact) mass is 353 g/mol. The highest BCUT2D eigenvalue weighted by atomic mass is 79.9. The van der Waals surface area contributed by atoms with E-state index in [1.54, 1.807) is 11.3 Å². The van der Waals surface area contributed by atoms with Crippen LogP contribution >= 0.6 is 27.3 Å². The van der Waals surface area contributed by atoms with E-state index in [4.69, 9.17) is 0 Å². The second-order valence-electron chi connectivity index (χ2n) is 5.42. The number of aliphatic hydroxyl groups excluding tert-OH is 1. The Morgan fingerprint density at radius 2 is 2.06 bits per heavy atom. The molecule has 1 heterocycles. The van der Waals surface area contributed by atoms with Crippen molar-refractivity contribution in [1.82, 2.24) is 4.72 Å². The molecule has 0 aliphatic carbocycles. The molecule has 2 N–H and O–H groups in total. The van der Waals surface area contributed by atoms with Crippen molar-refractivity contribution in [3.8, 4) is 0 Å². The molecule has 0 saturated carbocycles. The maximum Gasteiger partial charge on any atom is 0.136 e. The van der Waals surface area contributed by atoms with E-state index in [2.05, 4.69) is 20.7 Å². The molecule has 0 aliphatic heterocycles. The van der Waals surface area contributed by atoms with Gasteiger partial charge in [0.05, 0.1) is 5.54 Å². The van der Waals surface area contributed by atoms with Crippen LogP contribution in [0.2, 0.25) is 0 Å². The molecule has 104 valence electrons. The smallest absolute Gasteiger partial charge is 0.136 e. The lowest BCUT2D eigenvalue weighted by atomic mass is 9.98. The first-order valence-corrected chi connectivity index (χ1v) is 8.56. The summed E-state index contributed by atoms with van der Waals surface area (Å²) in [5.74, 6) is 0. The van der Waals surface area contributed by atoms with Gasteiger partial charge < -0.3 is 9.66 Å². The third-order valence-electron chi connectivity index (χ3n) is 2.60. The fraction of sp³-hybridized carbons (Fsp3) is 0.667. The SMILES string of the molecule is CC(C)(C)[S+]([O-])N[C@@](C)(CCO)c1cc(Br)cs1. The number of hydrogen-bond acceptors (Lipinski definition) is 4. The van der Waals surface area contributed by atoms with Crippen LogP contribution < -0.4 is 4.72 Å². The molecular formula is C12H20BrNO2S2. The van der Waals surface area contributed by atoms with Crippen molar-refractivity contribution in [2.24, 2.45) is 0 Å². The molecule has 2 atom stereocenters. The minimum atomic E-state index is -1.17. The molecule has 0 spiro atoms. The molecule has 0 radical (unpaired) electrons. The Morgan fingerprint density at radius 3 is 2.44 bits per heavy atom. The molecule has 0 fully saturated rings. The van der Waals surface area contributed by atoms with Crippen LogP contribution in [0.25, 0.3) is 0 Å². The van der Waals surface area contributed by atoms with Gasteiger partial charge in [-0.25, -0.2) is 0 Å². The molecule has 0 aromatic carbocycles. The summed E-state index contributed by atoms with van der Waals surface area (Å²) in [6.45, 7) is 7.82. The van der Waals surface area contributed by atoms with E-state index < -0.39 is 16.9 Å². The van der Waals surface area contributed by atoms with Crippen LogP contribution in [-0.4, -0.2) is 21.0 Å². The molecule has 0 aliphatic rings. The maximum atomic E-state index is 12.2. The highest BCUT2D eigenvalue weighted by Crippen LogP contribution is 2.34. The maximum absolute atomic E-state index is 12.2. The van der Waals surface area contributed by atoms with Gasteiger partial charge in [-0.05, 0) is 56.1 Å². The Morgan fingerprint density at radius 1 is 1.44 bits per heavy atom. The molecule has 18 heavy (non-hydrogen) atoms. The summed E-state index contributed by atoms with van der Waals surface area (Å²) >= 11 is 3.85. The molecule has 6 heteroatoms. The first-order chi connectivity index (χ1) is 8.19. The van der Waals surface area contributed by atoms with Gasteiger partial charge in [-0.15, -0.1) is 16.1 Å². The molecule has 1 aromatic rings. The quantitative estimate of drug-likeness (QED) is 0.799. The predicted octanol–water partition coefficient (Wildman–Crippen LogP) is 3.16. The van der Waals surface area contributed by atoms with Crippen LogP contribution in [0.1, 0.15) is 39.0 Å². The second-order valence-corrected chi connectivity index (χ2v) is 9.21. The number of thiophene rings is 1. The van der Waals surface area contributed by atoms with Gasteiger partial charge in [0, 0.05) is 32.7 Å². The van der Waals surface area contributed by atoms with Crippen molar-refractivity contribution in [3.05, 3.63) is 20.8 Å². The van der Waals surface area contributed by atoms with Crippen LogP contribution in [-0.2, 0) is 16.9 Å². The lowest BCUT2D eigenvalue weighted by molar-refractivity contribution is 0.239. The fourth-order valence-electron chi connectivity index (χ4n) is 1.41. The lowest BCUT2D eigenvalue weighted by Crippen LogP contribution is -2.50. The lowest BCUT2D eigenvalue weighted by Gasteiger charge is -2.34. The highest BCUT2D eigenvalue weighted by molar-refractivity contribution is 9.10. The Kier molecular flexibility index (Phi) is 5.71. The normalized spacial score (nSPS) is 17.5. The zero-order chi connectivity index (χ0) is 14.0. The van der Waals surface area contributed by atoms with E-state index in [1.165, 1.54) is 0 Å². The van der Waals surface area contributed by atoms with Crippen molar-refractivity contribution in [2.75, 3.05) is 6.61 Å². The zero-order valence-corrected chi connectivity index (χ0v) is 14.3.